The molecule has 0 bridgehead atoms. The molecule has 2 aromatic carbocycles. The summed E-state index contributed by atoms with van der Waals surface area (Å²) in [5.74, 6) is -1.85. The molecule has 0 spiro atoms. The first kappa shape index (κ1) is 14.7. The molecule has 0 unspecified atom stereocenters. The van der Waals surface area contributed by atoms with E-state index in [-0.39, 0.29) is 11.3 Å². The van der Waals surface area contributed by atoms with E-state index in [1.165, 1.54) is 0 Å². The fourth-order valence-corrected chi connectivity index (χ4v) is 2.49. The molecule has 4 nitrogen and oxygen atoms in total. The molecule has 0 aliphatic heterocycles. The van der Waals surface area contributed by atoms with Crippen molar-refractivity contribution in [3.8, 4) is 0 Å². The molecular formula is C14H11FINO3. The first-order chi connectivity index (χ1) is 9.40. The van der Waals surface area contributed by atoms with Gasteiger partial charge in [-0.3, -0.25) is 5.21 Å². The molecule has 0 aliphatic carbocycles. The predicted octanol–water partition coefficient (Wildman–Crippen LogP) is 3.96. The highest BCUT2D eigenvalue weighted by Gasteiger charge is 2.18. The summed E-state index contributed by atoms with van der Waals surface area (Å²) in [4.78, 5) is 11.1. The molecule has 0 radical (unpaired) electrons. The zero-order valence-electron chi connectivity index (χ0n) is 10.5. The van der Waals surface area contributed by atoms with Crippen molar-refractivity contribution < 1.29 is 19.5 Å². The largest absolute Gasteiger partial charge is 0.478 e. The van der Waals surface area contributed by atoms with Crippen LogP contribution >= 0.6 is 22.6 Å². The fourth-order valence-electron chi connectivity index (χ4n) is 1.85. The van der Waals surface area contributed by atoms with Gasteiger partial charge in [0.05, 0.1) is 16.9 Å². The molecule has 2 rings (SSSR count). The van der Waals surface area contributed by atoms with Crippen LogP contribution in [0.2, 0.25) is 0 Å². The molecule has 0 heterocycles. The van der Waals surface area contributed by atoms with Crippen molar-refractivity contribution in [2.75, 3.05) is 5.06 Å². The van der Waals surface area contributed by atoms with Gasteiger partial charge >= 0.3 is 5.97 Å². The lowest BCUT2D eigenvalue weighted by Gasteiger charge is -2.21. The number of aryl methyl sites for hydroxylation is 1. The second kappa shape index (κ2) is 5.76. The third-order valence-corrected chi connectivity index (χ3v) is 3.48. The van der Waals surface area contributed by atoms with Crippen LogP contribution in [0.25, 0.3) is 0 Å². The zero-order valence-corrected chi connectivity index (χ0v) is 12.6. The van der Waals surface area contributed by atoms with E-state index in [9.17, 15) is 14.4 Å². The van der Waals surface area contributed by atoms with Crippen molar-refractivity contribution in [2.24, 2.45) is 0 Å². The van der Waals surface area contributed by atoms with E-state index < -0.39 is 11.8 Å². The maximum absolute atomic E-state index is 13.3. The lowest BCUT2D eigenvalue weighted by Crippen LogP contribution is -2.16. The third-order valence-electron chi connectivity index (χ3n) is 2.81. The standard InChI is InChI=1S/C14H11FINO3/c1-8-6-10(16)3-5-12(8)17(20)13-7-9(15)2-4-11(13)14(18)19/h2-7,20H,1H3,(H,18,19). The summed E-state index contributed by atoms with van der Waals surface area (Å²) < 4.78 is 14.3. The minimum Gasteiger partial charge on any atom is -0.478 e. The highest BCUT2D eigenvalue weighted by atomic mass is 127. The van der Waals surface area contributed by atoms with E-state index in [0.717, 1.165) is 27.3 Å². The first-order valence-corrected chi connectivity index (χ1v) is 6.76. The number of carboxylic acid groups (broad SMARTS) is 1. The molecule has 104 valence electrons. The highest BCUT2D eigenvalue weighted by molar-refractivity contribution is 14.1. The number of aromatic carboxylic acids is 1. The predicted molar refractivity (Wildman–Crippen MR) is 81.2 cm³/mol. The molecule has 0 saturated carbocycles. The van der Waals surface area contributed by atoms with Gasteiger partial charge in [0, 0.05) is 9.64 Å². The summed E-state index contributed by atoms with van der Waals surface area (Å²) in [6, 6.07) is 8.40. The van der Waals surface area contributed by atoms with Gasteiger partial charge in [-0.05, 0) is 65.4 Å². The van der Waals surface area contributed by atoms with Crippen LogP contribution in [0.3, 0.4) is 0 Å². The van der Waals surface area contributed by atoms with E-state index in [0.29, 0.717) is 10.8 Å². The number of hydrogen-bond donors (Lipinski definition) is 2. The molecule has 2 N–H and O–H groups in total. The molecule has 0 atom stereocenters. The summed E-state index contributed by atoms with van der Waals surface area (Å²) in [7, 11) is 0. The molecule has 0 aliphatic rings. The Kier molecular flexibility index (Phi) is 4.24. The minimum atomic E-state index is -1.23. The van der Waals surface area contributed by atoms with Crippen molar-refractivity contribution in [2.45, 2.75) is 6.92 Å². The summed E-state index contributed by atoms with van der Waals surface area (Å²) in [5.41, 5.74) is 0.868. The van der Waals surface area contributed by atoms with E-state index in [2.05, 4.69) is 22.6 Å². The average Bonchev–Trinajstić information content (AvgIpc) is 2.37. The molecule has 0 fully saturated rings. The number of anilines is 2. The van der Waals surface area contributed by atoms with Crippen molar-refractivity contribution >= 4 is 39.9 Å². The number of carbonyl (C=O) groups is 1. The number of hydrogen-bond acceptors (Lipinski definition) is 3. The smallest absolute Gasteiger partial charge is 0.337 e. The molecular weight excluding hydrogens is 376 g/mol. The van der Waals surface area contributed by atoms with Crippen LogP contribution in [0.5, 0.6) is 0 Å². The molecule has 2 aromatic rings. The Labute approximate surface area is 128 Å². The summed E-state index contributed by atoms with van der Waals surface area (Å²) in [5, 5.41) is 20.0. The van der Waals surface area contributed by atoms with Gasteiger partial charge in [-0.2, -0.15) is 0 Å². The van der Waals surface area contributed by atoms with Crippen molar-refractivity contribution in [3.63, 3.8) is 0 Å². The lowest BCUT2D eigenvalue weighted by atomic mass is 10.1. The van der Waals surface area contributed by atoms with Gasteiger partial charge < -0.3 is 5.11 Å². The Hall–Kier alpha value is -1.67. The van der Waals surface area contributed by atoms with Crippen LogP contribution in [0.15, 0.2) is 36.4 Å². The zero-order chi connectivity index (χ0) is 14.9. The Morgan fingerprint density at radius 1 is 1.20 bits per heavy atom. The molecule has 0 aromatic heterocycles. The molecule has 6 heteroatoms. The van der Waals surface area contributed by atoms with Crippen LogP contribution in [-0.4, -0.2) is 16.3 Å². The molecule has 0 amide bonds. The lowest BCUT2D eigenvalue weighted by molar-refractivity contribution is 0.0696. The summed E-state index contributed by atoms with van der Waals surface area (Å²) >= 11 is 2.13. The minimum absolute atomic E-state index is 0.109. The van der Waals surface area contributed by atoms with Crippen molar-refractivity contribution in [1.29, 1.82) is 0 Å². The third kappa shape index (κ3) is 2.91. The summed E-state index contributed by atoms with van der Waals surface area (Å²) in [6.45, 7) is 1.78. The Morgan fingerprint density at radius 2 is 1.90 bits per heavy atom. The van der Waals surface area contributed by atoms with Gasteiger partial charge in [-0.25, -0.2) is 14.2 Å². The number of nitrogens with zero attached hydrogens (tertiary/aromatic N) is 1. The van der Waals surface area contributed by atoms with Crippen molar-refractivity contribution in [1.82, 2.24) is 0 Å². The average molecular weight is 387 g/mol. The van der Waals surface area contributed by atoms with E-state index in [1.54, 1.807) is 19.1 Å². The molecule has 20 heavy (non-hydrogen) atoms. The van der Waals surface area contributed by atoms with Gasteiger partial charge in [0.25, 0.3) is 0 Å². The van der Waals surface area contributed by atoms with E-state index >= 15 is 0 Å². The van der Waals surface area contributed by atoms with Gasteiger partial charge in [-0.15, -0.1) is 0 Å². The highest BCUT2D eigenvalue weighted by Crippen LogP contribution is 2.30. The van der Waals surface area contributed by atoms with Crippen LogP contribution in [0.1, 0.15) is 15.9 Å². The van der Waals surface area contributed by atoms with Crippen LogP contribution in [-0.2, 0) is 0 Å². The van der Waals surface area contributed by atoms with Crippen molar-refractivity contribution in [3.05, 3.63) is 56.9 Å². The fraction of sp³-hybridized carbons (Fsp3) is 0.0714. The second-order valence-corrected chi connectivity index (χ2v) is 5.45. The second-order valence-electron chi connectivity index (χ2n) is 4.21. The Balaban J connectivity index is 2.55. The first-order valence-electron chi connectivity index (χ1n) is 5.68. The monoisotopic (exact) mass is 387 g/mol. The normalized spacial score (nSPS) is 10.4. The van der Waals surface area contributed by atoms with E-state index in [1.807, 2.05) is 6.07 Å². The van der Waals surface area contributed by atoms with Gasteiger partial charge in [0.2, 0.25) is 0 Å². The molecule has 0 saturated heterocycles. The quantitative estimate of drug-likeness (QED) is 0.618. The van der Waals surface area contributed by atoms with Gasteiger partial charge in [-0.1, -0.05) is 0 Å². The number of carboxylic acids is 1. The Morgan fingerprint density at radius 3 is 2.50 bits per heavy atom. The van der Waals surface area contributed by atoms with Gasteiger partial charge in [0.1, 0.15) is 5.82 Å². The summed E-state index contributed by atoms with van der Waals surface area (Å²) in [6.07, 6.45) is 0. The maximum Gasteiger partial charge on any atom is 0.337 e. The van der Waals surface area contributed by atoms with Crippen LogP contribution in [0.4, 0.5) is 15.8 Å². The van der Waals surface area contributed by atoms with Crippen LogP contribution < -0.4 is 5.06 Å². The number of halogens is 2. The van der Waals surface area contributed by atoms with Gasteiger partial charge in [0.15, 0.2) is 0 Å². The SMILES string of the molecule is Cc1cc(I)ccc1N(O)c1cc(F)ccc1C(=O)O. The van der Waals surface area contributed by atoms with E-state index in [4.69, 9.17) is 5.11 Å². The number of benzene rings is 2. The number of rotatable bonds is 3. The van der Waals surface area contributed by atoms with Crippen LogP contribution in [0, 0.1) is 16.3 Å². The maximum atomic E-state index is 13.3. The Bertz CT molecular complexity index is 675. The topological polar surface area (TPSA) is 60.8 Å².